The van der Waals surface area contributed by atoms with Crippen molar-refractivity contribution in [3.05, 3.63) is 58.1 Å². The first kappa shape index (κ1) is 20.4. The number of aryl methyl sites for hydroxylation is 1. The van der Waals surface area contributed by atoms with Crippen molar-refractivity contribution in [2.24, 2.45) is 0 Å². The standard InChI is InChI=1S/C21H25N3O5/c1-28-19-8-9-20(29-2)16(15-19)3-10-21(25)23-13-11-22(12-14-23)17-4-6-18(7-5-17)24(26)27/h4-9,15H,3,10-14H2,1-2H3. The molecule has 2 aromatic rings. The van der Waals surface area contributed by atoms with Crippen LogP contribution >= 0.6 is 0 Å². The van der Waals surface area contributed by atoms with Gasteiger partial charge in [-0.25, -0.2) is 0 Å². The average molecular weight is 399 g/mol. The van der Waals surface area contributed by atoms with Crippen LogP contribution in [0.15, 0.2) is 42.5 Å². The van der Waals surface area contributed by atoms with Gasteiger partial charge in [-0.15, -0.1) is 0 Å². The Morgan fingerprint density at radius 3 is 2.31 bits per heavy atom. The van der Waals surface area contributed by atoms with E-state index in [4.69, 9.17) is 9.47 Å². The number of anilines is 1. The lowest BCUT2D eigenvalue weighted by atomic mass is 10.1. The summed E-state index contributed by atoms with van der Waals surface area (Å²) in [5, 5.41) is 10.8. The van der Waals surface area contributed by atoms with Gasteiger partial charge in [-0.2, -0.15) is 0 Å². The number of piperazine rings is 1. The zero-order chi connectivity index (χ0) is 20.8. The van der Waals surface area contributed by atoms with Gasteiger partial charge < -0.3 is 19.3 Å². The van der Waals surface area contributed by atoms with E-state index in [0.717, 1.165) is 22.7 Å². The van der Waals surface area contributed by atoms with Crippen LogP contribution in [0.3, 0.4) is 0 Å². The van der Waals surface area contributed by atoms with E-state index in [1.807, 2.05) is 23.1 Å². The maximum atomic E-state index is 12.6. The van der Waals surface area contributed by atoms with Crippen LogP contribution < -0.4 is 14.4 Å². The summed E-state index contributed by atoms with van der Waals surface area (Å²) in [5.74, 6) is 1.60. The third kappa shape index (κ3) is 4.96. The number of nitro benzene ring substituents is 1. The second-order valence-corrected chi connectivity index (χ2v) is 6.82. The summed E-state index contributed by atoms with van der Waals surface area (Å²) in [7, 11) is 3.23. The van der Waals surface area contributed by atoms with Crippen molar-refractivity contribution in [1.29, 1.82) is 0 Å². The smallest absolute Gasteiger partial charge is 0.269 e. The van der Waals surface area contributed by atoms with Gasteiger partial charge in [0.1, 0.15) is 11.5 Å². The molecule has 0 saturated carbocycles. The van der Waals surface area contributed by atoms with Gasteiger partial charge >= 0.3 is 0 Å². The summed E-state index contributed by atoms with van der Waals surface area (Å²) in [6, 6.07) is 12.1. The fourth-order valence-corrected chi connectivity index (χ4v) is 3.48. The maximum absolute atomic E-state index is 12.6. The molecule has 8 heteroatoms. The fourth-order valence-electron chi connectivity index (χ4n) is 3.48. The Hall–Kier alpha value is -3.29. The third-order valence-electron chi connectivity index (χ3n) is 5.15. The molecular weight excluding hydrogens is 374 g/mol. The van der Waals surface area contributed by atoms with E-state index < -0.39 is 4.92 Å². The Kier molecular flexibility index (Phi) is 6.54. The Morgan fingerprint density at radius 2 is 1.72 bits per heavy atom. The minimum atomic E-state index is -0.405. The van der Waals surface area contributed by atoms with E-state index in [0.29, 0.717) is 39.0 Å². The molecule has 1 aliphatic rings. The molecule has 0 bridgehead atoms. The van der Waals surface area contributed by atoms with Crippen LogP contribution in [0, 0.1) is 10.1 Å². The Balaban J connectivity index is 1.53. The summed E-state index contributed by atoms with van der Waals surface area (Å²) in [5.41, 5.74) is 1.96. The van der Waals surface area contributed by atoms with Gasteiger partial charge in [-0.3, -0.25) is 14.9 Å². The zero-order valence-electron chi connectivity index (χ0n) is 16.7. The molecule has 0 aromatic heterocycles. The Morgan fingerprint density at radius 1 is 1.03 bits per heavy atom. The molecule has 154 valence electrons. The number of carbonyl (C=O) groups excluding carboxylic acids is 1. The Labute approximate surface area is 169 Å². The summed E-state index contributed by atoms with van der Waals surface area (Å²) >= 11 is 0. The molecule has 29 heavy (non-hydrogen) atoms. The molecule has 1 heterocycles. The number of amides is 1. The van der Waals surface area contributed by atoms with Crippen molar-refractivity contribution in [2.45, 2.75) is 12.8 Å². The normalized spacial score (nSPS) is 13.9. The third-order valence-corrected chi connectivity index (χ3v) is 5.15. The van der Waals surface area contributed by atoms with Crippen molar-refractivity contribution in [2.75, 3.05) is 45.3 Å². The van der Waals surface area contributed by atoms with Crippen LogP contribution in [0.25, 0.3) is 0 Å². The number of hydrogen-bond acceptors (Lipinski definition) is 6. The molecule has 0 spiro atoms. The quantitative estimate of drug-likeness (QED) is 0.526. The van der Waals surface area contributed by atoms with E-state index in [1.54, 1.807) is 26.4 Å². The number of benzene rings is 2. The number of rotatable bonds is 7. The minimum absolute atomic E-state index is 0.0792. The van der Waals surface area contributed by atoms with Gasteiger partial charge in [0, 0.05) is 50.4 Å². The van der Waals surface area contributed by atoms with E-state index >= 15 is 0 Å². The monoisotopic (exact) mass is 399 g/mol. The Bertz CT molecular complexity index is 861. The molecule has 8 nitrogen and oxygen atoms in total. The fraction of sp³-hybridized carbons (Fsp3) is 0.381. The lowest BCUT2D eigenvalue weighted by Gasteiger charge is -2.36. The SMILES string of the molecule is COc1ccc(OC)c(CCC(=O)N2CCN(c3ccc([N+](=O)[O-])cc3)CC2)c1. The first-order valence-corrected chi connectivity index (χ1v) is 9.50. The highest BCUT2D eigenvalue weighted by Gasteiger charge is 2.22. The number of non-ortho nitro benzene ring substituents is 1. The molecule has 3 rings (SSSR count). The summed E-state index contributed by atoms with van der Waals surface area (Å²) in [4.78, 5) is 27.0. The van der Waals surface area contributed by atoms with Crippen LogP contribution in [-0.2, 0) is 11.2 Å². The van der Waals surface area contributed by atoms with Crippen LogP contribution in [0.1, 0.15) is 12.0 Å². The molecule has 2 aromatic carbocycles. The summed E-state index contributed by atoms with van der Waals surface area (Å²) < 4.78 is 10.6. The predicted molar refractivity (Wildman–Crippen MR) is 110 cm³/mol. The molecule has 1 fully saturated rings. The number of nitrogens with zero attached hydrogens (tertiary/aromatic N) is 3. The number of nitro groups is 1. The van der Waals surface area contributed by atoms with Gasteiger partial charge in [-0.1, -0.05) is 0 Å². The highest BCUT2D eigenvalue weighted by atomic mass is 16.6. The lowest BCUT2D eigenvalue weighted by Crippen LogP contribution is -2.48. The van der Waals surface area contributed by atoms with Crippen molar-refractivity contribution in [3.8, 4) is 11.5 Å². The largest absolute Gasteiger partial charge is 0.497 e. The van der Waals surface area contributed by atoms with Crippen LogP contribution in [0.2, 0.25) is 0 Å². The van der Waals surface area contributed by atoms with Gasteiger partial charge in [0.2, 0.25) is 5.91 Å². The second-order valence-electron chi connectivity index (χ2n) is 6.82. The van der Waals surface area contributed by atoms with E-state index in [1.165, 1.54) is 12.1 Å². The number of methoxy groups -OCH3 is 2. The molecular formula is C21H25N3O5. The number of hydrogen-bond donors (Lipinski definition) is 0. The summed E-state index contributed by atoms with van der Waals surface area (Å²) in [6.45, 7) is 2.66. The van der Waals surface area contributed by atoms with E-state index in [-0.39, 0.29) is 11.6 Å². The van der Waals surface area contributed by atoms with Gasteiger partial charge in [-0.05, 0) is 42.3 Å². The second kappa shape index (κ2) is 9.27. The van der Waals surface area contributed by atoms with Crippen molar-refractivity contribution >= 4 is 17.3 Å². The molecule has 1 aliphatic heterocycles. The molecule has 0 N–H and O–H groups in total. The molecule has 0 atom stereocenters. The maximum Gasteiger partial charge on any atom is 0.269 e. The van der Waals surface area contributed by atoms with Crippen LogP contribution in [-0.4, -0.2) is 56.1 Å². The average Bonchev–Trinajstić information content (AvgIpc) is 2.77. The first-order chi connectivity index (χ1) is 14.0. The molecule has 0 aliphatic carbocycles. The van der Waals surface area contributed by atoms with E-state index in [2.05, 4.69) is 4.90 Å². The predicted octanol–water partition coefficient (Wildman–Crippen LogP) is 2.89. The summed E-state index contributed by atoms with van der Waals surface area (Å²) in [6.07, 6.45) is 0.989. The highest BCUT2D eigenvalue weighted by Crippen LogP contribution is 2.26. The molecule has 0 unspecified atom stereocenters. The van der Waals surface area contributed by atoms with Crippen molar-refractivity contribution in [3.63, 3.8) is 0 Å². The van der Waals surface area contributed by atoms with Gasteiger partial charge in [0.25, 0.3) is 5.69 Å². The zero-order valence-corrected chi connectivity index (χ0v) is 16.7. The van der Waals surface area contributed by atoms with Crippen molar-refractivity contribution < 1.29 is 19.2 Å². The van der Waals surface area contributed by atoms with Gasteiger partial charge in [0.05, 0.1) is 19.1 Å². The highest BCUT2D eigenvalue weighted by molar-refractivity contribution is 5.77. The molecule has 1 saturated heterocycles. The van der Waals surface area contributed by atoms with Crippen LogP contribution in [0.4, 0.5) is 11.4 Å². The van der Waals surface area contributed by atoms with E-state index in [9.17, 15) is 14.9 Å². The van der Waals surface area contributed by atoms with Gasteiger partial charge in [0.15, 0.2) is 0 Å². The first-order valence-electron chi connectivity index (χ1n) is 9.50. The minimum Gasteiger partial charge on any atom is -0.497 e. The lowest BCUT2D eigenvalue weighted by molar-refractivity contribution is -0.384. The number of carbonyl (C=O) groups is 1. The van der Waals surface area contributed by atoms with Crippen LogP contribution in [0.5, 0.6) is 11.5 Å². The van der Waals surface area contributed by atoms with Crippen molar-refractivity contribution in [1.82, 2.24) is 4.90 Å². The number of ether oxygens (including phenoxy) is 2. The molecule has 0 radical (unpaired) electrons. The topological polar surface area (TPSA) is 85.2 Å². The molecule has 1 amide bonds.